The average Bonchev–Trinajstić information content (AvgIpc) is 3.08. The van der Waals surface area contributed by atoms with Crippen LogP contribution in [-0.2, 0) is 20.9 Å². The first-order chi connectivity index (χ1) is 13.0. The Hall–Kier alpha value is -2.80. The Morgan fingerprint density at radius 3 is 2.78 bits per heavy atom. The number of esters is 1. The van der Waals surface area contributed by atoms with Gasteiger partial charge in [0.2, 0.25) is 5.91 Å². The summed E-state index contributed by atoms with van der Waals surface area (Å²) in [6, 6.07) is 15.5. The van der Waals surface area contributed by atoms with Crippen molar-refractivity contribution in [3.8, 4) is 0 Å². The van der Waals surface area contributed by atoms with Gasteiger partial charge in [-0.1, -0.05) is 47.6 Å². The molecule has 6 nitrogen and oxygen atoms in total. The van der Waals surface area contributed by atoms with Crippen molar-refractivity contribution in [2.45, 2.75) is 25.7 Å². The van der Waals surface area contributed by atoms with Crippen molar-refractivity contribution in [2.24, 2.45) is 0 Å². The van der Waals surface area contributed by atoms with E-state index in [2.05, 4.69) is 10.5 Å². The molecule has 2 aromatic carbocycles. The van der Waals surface area contributed by atoms with Crippen molar-refractivity contribution >= 4 is 40.2 Å². The second kappa shape index (κ2) is 8.73. The Bertz CT molecular complexity index is 949. The predicted octanol–water partition coefficient (Wildman–Crippen LogP) is 3.94. The van der Waals surface area contributed by atoms with Gasteiger partial charge in [0.15, 0.2) is 5.82 Å². The van der Waals surface area contributed by atoms with E-state index in [0.717, 1.165) is 16.3 Å². The van der Waals surface area contributed by atoms with Crippen LogP contribution in [0.15, 0.2) is 53.1 Å². The Balaban J connectivity index is 1.47. The van der Waals surface area contributed by atoms with E-state index in [1.807, 2.05) is 42.5 Å². The van der Waals surface area contributed by atoms with Gasteiger partial charge < -0.3 is 14.6 Å². The number of nitrogens with one attached hydrogen (secondary N) is 1. The van der Waals surface area contributed by atoms with Gasteiger partial charge in [-0.3, -0.25) is 9.59 Å². The maximum atomic E-state index is 12.1. The van der Waals surface area contributed by atoms with Gasteiger partial charge in [-0.25, -0.2) is 0 Å². The number of ether oxygens (including phenoxy) is 1. The molecule has 140 valence electrons. The van der Waals surface area contributed by atoms with E-state index < -0.39 is 5.25 Å². The standard InChI is InChI=1S/C20H20N2O4S/c1-13-10-18(22-26-13)21-20(24)14(2)27-12-19(23)25-11-16-8-5-7-15-6-3-4-9-17(15)16/h3-10,14H,11-12H2,1-2H3,(H,21,22,24)/t14-/m0/s1. The number of benzene rings is 2. The van der Waals surface area contributed by atoms with E-state index in [1.165, 1.54) is 11.8 Å². The summed E-state index contributed by atoms with van der Waals surface area (Å²) in [6.45, 7) is 3.68. The molecule has 0 saturated heterocycles. The van der Waals surface area contributed by atoms with Crippen LogP contribution in [-0.4, -0.2) is 28.0 Å². The highest BCUT2D eigenvalue weighted by Crippen LogP contribution is 2.20. The van der Waals surface area contributed by atoms with Crippen LogP contribution in [0.3, 0.4) is 0 Å². The molecule has 0 aliphatic rings. The maximum absolute atomic E-state index is 12.1. The summed E-state index contributed by atoms with van der Waals surface area (Å²) >= 11 is 1.21. The summed E-state index contributed by atoms with van der Waals surface area (Å²) in [6.07, 6.45) is 0. The van der Waals surface area contributed by atoms with Crippen molar-refractivity contribution in [1.29, 1.82) is 0 Å². The third kappa shape index (κ3) is 5.10. The molecule has 0 saturated carbocycles. The molecular formula is C20H20N2O4S. The number of carbonyl (C=O) groups excluding carboxylic acids is 2. The largest absolute Gasteiger partial charge is 0.460 e. The van der Waals surface area contributed by atoms with Gasteiger partial charge in [-0.15, -0.1) is 11.8 Å². The summed E-state index contributed by atoms with van der Waals surface area (Å²) < 4.78 is 10.3. The quantitative estimate of drug-likeness (QED) is 0.622. The topological polar surface area (TPSA) is 81.4 Å². The van der Waals surface area contributed by atoms with Crippen molar-refractivity contribution in [3.05, 3.63) is 59.9 Å². The Kier molecular flexibility index (Phi) is 6.13. The fourth-order valence-corrected chi connectivity index (χ4v) is 3.22. The lowest BCUT2D eigenvalue weighted by atomic mass is 10.1. The number of rotatable bonds is 7. The lowest BCUT2D eigenvalue weighted by molar-refractivity contribution is -0.141. The van der Waals surface area contributed by atoms with Crippen LogP contribution < -0.4 is 5.32 Å². The van der Waals surface area contributed by atoms with Crippen molar-refractivity contribution in [1.82, 2.24) is 5.16 Å². The van der Waals surface area contributed by atoms with E-state index in [1.54, 1.807) is 19.9 Å². The fraction of sp³-hybridized carbons (Fsp3) is 0.250. The number of amides is 1. The number of anilines is 1. The highest BCUT2D eigenvalue weighted by Gasteiger charge is 2.17. The molecule has 1 atom stereocenters. The zero-order valence-corrected chi connectivity index (χ0v) is 15.9. The second-order valence-corrected chi connectivity index (χ2v) is 7.39. The summed E-state index contributed by atoms with van der Waals surface area (Å²) in [5, 5.41) is 8.11. The smallest absolute Gasteiger partial charge is 0.316 e. The molecule has 1 aromatic heterocycles. The van der Waals surface area contributed by atoms with E-state index in [9.17, 15) is 9.59 Å². The monoisotopic (exact) mass is 384 g/mol. The number of aromatic nitrogens is 1. The van der Waals surface area contributed by atoms with E-state index >= 15 is 0 Å². The molecule has 1 N–H and O–H groups in total. The highest BCUT2D eigenvalue weighted by molar-refractivity contribution is 8.01. The Morgan fingerprint density at radius 1 is 1.22 bits per heavy atom. The zero-order chi connectivity index (χ0) is 19.2. The van der Waals surface area contributed by atoms with Crippen LogP contribution in [0.25, 0.3) is 10.8 Å². The van der Waals surface area contributed by atoms with Crippen molar-refractivity contribution in [3.63, 3.8) is 0 Å². The van der Waals surface area contributed by atoms with Crippen molar-refractivity contribution in [2.75, 3.05) is 11.1 Å². The van der Waals surface area contributed by atoms with E-state index in [4.69, 9.17) is 9.26 Å². The van der Waals surface area contributed by atoms with Gasteiger partial charge in [0.1, 0.15) is 12.4 Å². The van der Waals surface area contributed by atoms with Gasteiger partial charge in [-0.05, 0) is 30.2 Å². The van der Waals surface area contributed by atoms with Crippen LogP contribution in [0.1, 0.15) is 18.2 Å². The molecule has 0 bridgehead atoms. The summed E-state index contributed by atoms with van der Waals surface area (Å²) in [7, 11) is 0. The molecule has 0 aliphatic heterocycles. The first kappa shape index (κ1) is 19.0. The minimum atomic E-state index is -0.424. The fourth-order valence-electron chi connectivity index (χ4n) is 2.54. The lowest BCUT2D eigenvalue weighted by Gasteiger charge is -2.11. The summed E-state index contributed by atoms with van der Waals surface area (Å²) in [4.78, 5) is 24.1. The number of hydrogen-bond donors (Lipinski definition) is 1. The van der Waals surface area contributed by atoms with Gasteiger partial charge in [0.25, 0.3) is 0 Å². The summed E-state index contributed by atoms with van der Waals surface area (Å²) in [5.41, 5.74) is 0.957. The lowest BCUT2D eigenvalue weighted by Crippen LogP contribution is -2.24. The average molecular weight is 384 g/mol. The molecule has 1 amide bonds. The number of aryl methyl sites for hydroxylation is 1. The molecule has 0 radical (unpaired) electrons. The maximum Gasteiger partial charge on any atom is 0.316 e. The minimum absolute atomic E-state index is 0.0944. The second-order valence-electron chi connectivity index (χ2n) is 6.06. The molecule has 0 aliphatic carbocycles. The minimum Gasteiger partial charge on any atom is -0.460 e. The van der Waals surface area contributed by atoms with Crippen LogP contribution >= 0.6 is 11.8 Å². The molecule has 0 fully saturated rings. The first-order valence-electron chi connectivity index (χ1n) is 8.51. The number of fused-ring (bicyclic) bond motifs is 1. The van der Waals surface area contributed by atoms with Crippen LogP contribution in [0, 0.1) is 6.92 Å². The number of thioether (sulfide) groups is 1. The van der Waals surface area contributed by atoms with Gasteiger partial charge in [-0.2, -0.15) is 0 Å². The molecule has 0 unspecified atom stereocenters. The van der Waals surface area contributed by atoms with Gasteiger partial charge in [0.05, 0.1) is 11.0 Å². The predicted molar refractivity (Wildman–Crippen MR) is 106 cm³/mol. The van der Waals surface area contributed by atoms with Crippen LogP contribution in [0.2, 0.25) is 0 Å². The molecule has 7 heteroatoms. The Labute approximate surface area is 161 Å². The molecule has 3 rings (SSSR count). The molecule has 0 spiro atoms. The molecule has 3 aromatic rings. The normalized spacial score (nSPS) is 11.9. The van der Waals surface area contributed by atoms with Gasteiger partial charge >= 0.3 is 5.97 Å². The van der Waals surface area contributed by atoms with Crippen LogP contribution in [0.5, 0.6) is 0 Å². The summed E-state index contributed by atoms with van der Waals surface area (Å²) in [5.74, 6) is 0.475. The third-order valence-electron chi connectivity index (χ3n) is 3.97. The van der Waals surface area contributed by atoms with Crippen molar-refractivity contribution < 1.29 is 18.8 Å². The number of carbonyl (C=O) groups is 2. The van der Waals surface area contributed by atoms with E-state index in [-0.39, 0.29) is 24.2 Å². The number of nitrogens with zero attached hydrogens (tertiary/aromatic N) is 1. The van der Waals surface area contributed by atoms with Gasteiger partial charge in [0, 0.05) is 6.07 Å². The SMILES string of the molecule is Cc1cc(NC(=O)[C@H](C)SCC(=O)OCc2cccc3ccccc23)no1. The molecule has 27 heavy (non-hydrogen) atoms. The highest BCUT2D eigenvalue weighted by atomic mass is 32.2. The third-order valence-corrected chi connectivity index (χ3v) is 5.08. The number of hydrogen-bond acceptors (Lipinski definition) is 6. The molecule has 1 heterocycles. The van der Waals surface area contributed by atoms with E-state index in [0.29, 0.717) is 11.6 Å². The first-order valence-corrected chi connectivity index (χ1v) is 9.56. The Morgan fingerprint density at radius 2 is 2.00 bits per heavy atom. The van der Waals surface area contributed by atoms with Crippen LogP contribution in [0.4, 0.5) is 5.82 Å². The molecular weight excluding hydrogens is 364 g/mol. The zero-order valence-electron chi connectivity index (χ0n) is 15.1.